The Morgan fingerprint density at radius 1 is 1.15 bits per heavy atom. The number of para-hydroxylation sites is 2. The molecule has 0 radical (unpaired) electrons. The molecule has 0 spiro atoms. The molecule has 1 N–H and O–H groups in total. The maximum atomic E-state index is 12.4. The Labute approximate surface area is 155 Å². The lowest BCUT2D eigenvalue weighted by Crippen LogP contribution is -2.43. The lowest BCUT2D eigenvalue weighted by Gasteiger charge is -2.25. The van der Waals surface area contributed by atoms with E-state index in [1.54, 1.807) is 17.4 Å². The van der Waals surface area contributed by atoms with Crippen LogP contribution in [0.1, 0.15) is 10.6 Å². The van der Waals surface area contributed by atoms with Gasteiger partial charge in [-0.3, -0.25) is 4.79 Å². The highest BCUT2D eigenvalue weighted by Crippen LogP contribution is 2.31. The lowest BCUT2D eigenvalue weighted by molar-refractivity contribution is -0.130. The van der Waals surface area contributed by atoms with Crippen molar-refractivity contribution in [2.75, 3.05) is 6.61 Å². The summed E-state index contributed by atoms with van der Waals surface area (Å²) in [4.78, 5) is 18.1. The van der Waals surface area contributed by atoms with Crippen molar-refractivity contribution in [1.29, 1.82) is 0 Å². The van der Waals surface area contributed by atoms with Gasteiger partial charge in [0.05, 0.1) is 12.2 Å². The summed E-state index contributed by atoms with van der Waals surface area (Å²) in [5.41, 5.74) is 2.01. The minimum atomic E-state index is -0.647. The van der Waals surface area contributed by atoms with Crippen LogP contribution in [-0.2, 0) is 11.3 Å². The highest BCUT2D eigenvalue weighted by Gasteiger charge is 2.27. The van der Waals surface area contributed by atoms with E-state index in [4.69, 9.17) is 9.47 Å². The zero-order valence-electron chi connectivity index (χ0n) is 14.3. The summed E-state index contributed by atoms with van der Waals surface area (Å²) >= 11 is 1.59. The van der Waals surface area contributed by atoms with Gasteiger partial charge in [-0.05, 0) is 19.1 Å². The van der Waals surface area contributed by atoms with Crippen LogP contribution in [0.3, 0.4) is 0 Å². The van der Waals surface area contributed by atoms with Crippen LogP contribution in [0.4, 0.5) is 0 Å². The van der Waals surface area contributed by atoms with E-state index in [2.05, 4.69) is 10.3 Å². The van der Waals surface area contributed by atoms with E-state index < -0.39 is 6.10 Å². The normalized spacial score (nSPS) is 15.5. The van der Waals surface area contributed by atoms with Crippen LogP contribution in [0, 0.1) is 6.92 Å². The first-order valence-electron chi connectivity index (χ1n) is 8.38. The molecular formula is C20H18N2O3S. The van der Waals surface area contributed by atoms with Crippen molar-refractivity contribution < 1.29 is 14.3 Å². The summed E-state index contributed by atoms with van der Waals surface area (Å²) in [7, 11) is 0. The van der Waals surface area contributed by atoms with Crippen molar-refractivity contribution in [3.05, 3.63) is 65.2 Å². The molecule has 1 aliphatic rings. The number of benzene rings is 2. The molecule has 1 atom stereocenters. The smallest absolute Gasteiger partial charge is 0.264 e. The molecule has 4 rings (SSSR count). The number of aryl methyl sites for hydroxylation is 1. The van der Waals surface area contributed by atoms with E-state index >= 15 is 0 Å². The number of carbonyl (C=O) groups excluding carboxylic acids is 1. The Morgan fingerprint density at radius 2 is 1.88 bits per heavy atom. The maximum Gasteiger partial charge on any atom is 0.264 e. The largest absolute Gasteiger partial charge is 0.485 e. The molecule has 6 heteroatoms. The molecule has 26 heavy (non-hydrogen) atoms. The second-order valence-corrected chi connectivity index (χ2v) is 7.06. The number of hydrogen-bond donors (Lipinski definition) is 1. The van der Waals surface area contributed by atoms with E-state index in [9.17, 15) is 4.79 Å². The van der Waals surface area contributed by atoms with Crippen LogP contribution in [0.2, 0.25) is 0 Å². The summed E-state index contributed by atoms with van der Waals surface area (Å²) in [5, 5.41) is 3.89. The molecule has 1 amide bonds. The fourth-order valence-electron chi connectivity index (χ4n) is 2.73. The number of aromatic nitrogens is 1. The van der Waals surface area contributed by atoms with Gasteiger partial charge in [0.1, 0.15) is 11.6 Å². The molecule has 1 unspecified atom stereocenters. The van der Waals surface area contributed by atoms with E-state index in [1.165, 1.54) is 0 Å². The highest BCUT2D eigenvalue weighted by atomic mass is 32.1. The van der Waals surface area contributed by atoms with Gasteiger partial charge in [-0.2, -0.15) is 0 Å². The van der Waals surface area contributed by atoms with Crippen molar-refractivity contribution in [3.8, 4) is 22.1 Å². The van der Waals surface area contributed by atoms with Gasteiger partial charge in [-0.1, -0.05) is 42.5 Å². The molecule has 0 saturated heterocycles. The number of rotatable bonds is 4. The van der Waals surface area contributed by atoms with Gasteiger partial charge < -0.3 is 14.8 Å². The van der Waals surface area contributed by atoms with E-state index in [0.717, 1.165) is 21.1 Å². The molecule has 1 aromatic heterocycles. The SMILES string of the molecule is Cc1nc(-c2ccccc2)sc1CNC(=O)C1COc2ccccc2O1. The molecule has 0 bridgehead atoms. The van der Waals surface area contributed by atoms with Gasteiger partial charge in [0.15, 0.2) is 11.5 Å². The van der Waals surface area contributed by atoms with Crippen LogP contribution in [0.25, 0.3) is 10.6 Å². The summed E-state index contributed by atoms with van der Waals surface area (Å²) < 4.78 is 11.3. The fourth-order valence-corrected chi connectivity index (χ4v) is 3.73. The summed E-state index contributed by atoms with van der Waals surface area (Å²) in [6, 6.07) is 17.4. The number of nitrogens with zero attached hydrogens (tertiary/aromatic N) is 1. The van der Waals surface area contributed by atoms with Crippen molar-refractivity contribution in [1.82, 2.24) is 10.3 Å². The standard InChI is InChI=1S/C20H18N2O3S/c1-13-18(26-20(22-13)14-7-3-2-4-8-14)11-21-19(23)17-12-24-15-9-5-6-10-16(15)25-17/h2-10,17H,11-12H2,1H3,(H,21,23). The highest BCUT2D eigenvalue weighted by molar-refractivity contribution is 7.15. The average molecular weight is 366 g/mol. The molecule has 5 nitrogen and oxygen atoms in total. The Bertz CT molecular complexity index is 924. The van der Waals surface area contributed by atoms with Crippen LogP contribution in [-0.4, -0.2) is 23.6 Å². The van der Waals surface area contributed by atoms with Crippen LogP contribution >= 0.6 is 11.3 Å². The summed E-state index contributed by atoms with van der Waals surface area (Å²) in [6.07, 6.45) is -0.647. The third-order valence-corrected chi connectivity index (χ3v) is 5.34. The fraction of sp³-hybridized carbons (Fsp3) is 0.200. The van der Waals surface area contributed by atoms with E-state index in [1.807, 2.05) is 55.5 Å². The van der Waals surface area contributed by atoms with E-state index in [0.29, 0.717) is 18.0 Å². The van der Waals surface area contributed by atoms with Gasteiger partial charge >= 0.3 is 0 Å². The maximum absolute atomic E-state index is 12.4. The lowest BCUT2D eigenvalue weighted by atomic mass is 10.2. The predicted octanol–water partition coefficient (Wildman–Crippen LogP) is 3.57. The van der Waals surface area contributed by atoms with Crippen molar-refractivity contribution in [3.63, 3.8) is 0 Å². The van der Waals surface area contributed by atoms with Gasteiger partial charge in [-0.15, -0.1) is 11.3 Å². The first kappa shape index (κ1) is 16.6. The molecular weight excluding hydrogens is 348 g/mol. The van der Waals surface area contributed by atoms with Gasteiger partial charge in [0.25, 0.3) is 5.91 Å². The van der Waals surface area contributed by atoms with Crippen LogP contribution in [0.5, 0.6) is 11.5 Å². The molecule has 0 aliphatic carbocycles. The number of ether oxygens (including phenoxy) is 2. The number of thiazole rings is 1. The summed E-state index contributed by atoms with van der Waals surface area (Å²) in [6.45, 7) is 2.59. The average Bonchev–Trinajstić information content (AvgIpc) is 3.07. The minimum absolute atomic E-state index is 0.187. The predicted molar refractivity (Wildman–Crippen MR) is 100 cm³/mol. The zero-order valence-corrected chi connectivity index (χ0v) is 15.1. The Hall–Kier alpha value is -2.86. The Morgan fingerprint density at radius 3 is 2.69 bits per heavy atom. The molecule has 2 heterocycles. The molecule has 3 aromatic rings. The van der Waals surface area contributed by atoms with Gasteiger partial charge in [0, 0.05) is 10.4 Å². The quantitative estimate of drug-likeness (QED) is 0.767. The first-order valence-corrected chi connectivity index (χ1v) is 9.20. The zero-order chi connectivity index (χ0) is 17.9. The van der Waals surface area contributed by atoms with Crippen molar-refractivity contribution >= 4 is 17.2 Å². The van der Waals surface area contributed by atoms with Crippen LogP contribution < -0.4 is 14.8 Å². The molecule has 2 aromatic carbocycles. The Balaban J connectivity index is 1.40. The number of amides is 1. The first-order chi connectivity index (χ1) is 12.7. The molecule has 1 aliphatic heterocycles. The monoisotopic (exact) mass is 366 g/mol. The third kappa shape index (κ3) is 3.41. The number of carbonyl (C=O) groups is 1. The number of fused-ring (bicyclic) bond motifs is 1. The topological polar surface area (TPSA) is 60.5 Å². The molecule has 132 valence electrons. The van der Waals surface area contributed by atoms with E-state index in [-0.39, 0.29) is 12.5 Å². The van der Waals surface area contributed by atoms with Crippen molar-refractivity contribution in [2.45, 2.75) is 19.6 Å². The van der Waals surface area contributed by atoms with Gasteiger partial charge in [-0.25, -0.2) is 4.98 Å². The van der Waals surface area contributed by atoms with Crippen molar-refractivity contribution in [2.24, 2.45) is 0 Å². The van der Waals surface area contributed by atoms with Gasteiger partial charge in [0.2, 0.25) is 6.10 Å². The minimum Gasteiger partial charge on any atom is -0.485 e. The second-order valence-electron chi connectivity index (χ2n) is 5.98. The molecule has 0 fully saturated rings. The molecule has 0 saturated carbocycles. The Kier molecular flexibility index (Phi) is 4.58. The van der Waals surface area contributed by atoms with Crippen LogP contribution in [0.15, 0.2) is 54.6 Å². The summed E-state index contributed by atoms with van der Waals surface area (Å²) in [5.74, 6) is 1.08. The number of nitrogens with one attached hydrogen (secondary N) is 1. The number of hydrogen-bond acceptors (Lipinski definition) is 5. The third-order valence-electron chi connectivity index (χ3n) is 4.14. The second kappa shape index (κ2) is 7.17.